The minimum absolute atomic E-state index is 0.234. The molecule has 2 unspecified atom stereocenters. The molecule has 0 aliphatic heterocycles. The van der Waals surface area contributed by atoms with Gasteiger partial charge < -0.3 is 19.3 Å². The van der Waals surface area contributed by atoms with E-state index in [0.29, 0.717) is 24.5 Å². The lowest BCUT2D eigenvalue weighted by atomic mass is 9.92. The van der Waals surface area contributed by atoms with Crippen molar-refractivity contribution in [2.45, 2.75) is 86.9 Å². The minimum Gasteiger partial charge on any atom is -0.493 e. The fourth-order valence-electron chi connectivity index (χ4n) is 2.70. The number of rotatable bonds is 9. The summed E-state index contributed by atoms with van der Waals surface area (Å²) in [6, 6.07) is 7.82. The highest BCUT2D eigenvalue weighted by atomic mass is 16.5. The molecule has 0 bridgehead atoms. The van der Waals surface area contributed by atoms with Crippen LogP contribution in [0.3, 0.4) is 0 Å². The van der Waals surface area contributed by atoms with E-state index in [1.54, 1.807) is 7.11 Å². The normalized spacial score (nSPS) is 19.1. The van der Waals surface area contributed by atoms with E-state index >= 15 is 0 Å². The first-order chi connectivity index (χ1) is 13.6. The summed E-state index contributed by atoms with van der Waals surface area (Å²) >= 11 is 0. The van der Waals surface area contributed by atoms with Gasteiger partial charge in [0, 0.05) is 32.6 Å². The summed E-state index contributed by atoms with van der Waals surface area (Å²) in [5.41, 5.74) is 0. The van der Waals surface area contributed by atoms with Crippen LogP contribution in [-0.2, 0) is 4.74 Å². The molecule has 4 nitrogen and oxygen atoms in total. The quantitative estimate of drug-likeness (QED) is 0.526. The number of methoxy groups -OCH3 is 1. The van der Waals surface area contributed by atoms with Gasteiger partial charge in [0.05, 0.1) is 12.7 Å². The molecular formula is C24H46O4. The molecule has 0 spiro atoms. The Morgan fingerprint density at radius 2 is 1.50 bits per heavy atom. The zero-order chi connectivity index (χ0) is 21.9. The Balaban J connectivity index is 0. The molecule has 2 atom stereocenters. The average Bonchev–Trinajstić information content (AvgIpc) is 2.73. The predicted octanol–water partition coefficient (Wildman–Crippen LogP) is 6.35. The third-order valence-corrected chi connectivity index (χ3v) is 4.14. The van der Waals surface area contributed by atoms with Crippen molar-refractivity contribution in [2.24, 2.45) is 11.8 Å². The highest BCUT2D eigenvalue weighted by Crippen LogP contribution is 2.29. The zero-order valence-corrected chi connectivity index (χ0v) is 19.8. The fourth-order valence-corrected chi connectivity index (χ4v) is 2.70. The van der Waals surface area contributed by atoms with E-state index < -0.39 is 0 Å². The molecule has 2 rings (SSSR count). The van der Waals surface area contributed by atoms with Gasteiger partial charge in [0.15, 0.2) is 0 Å². The Morgan fingerprint density at radius 1 is 0.929 bits per heavy atom. The van der Waals surface area contributed by atoms with Crippen LogP contribution in [0.4, 0.5) is 0 Å². The molecule has 1 aromatic carbocycles. The molecule has 0 radical (unpaired) electrons. The van der Waals surface area contributed by atoms with Gasteiger partial charge in [-0.1, -0.05) is 61.5 Å². The van der Waals surface area contributed by atoms with Crippen LogP contribution in [0.1, 0.15) is 74.7 Å². The number of hydrogen-bond donors (Lipinski definition) is 1. The topological polar surface area (TPSA) is 47.9 Å². The van der Waals surface area contributed by atoms with Gasteiger partial charge in [-0.3, -0.25) is 0 Å². The van der Waals surface area contributed by atoms with Crippen molar-refractivity contribution >= 4 is 0 Å². The van der Waals surface area contributed by atoms with Crippen molar-refractivity contribution in [1.82, 2.24) is 0 Å². The predicted molar refractivity (Wildman–Crippen MR) is 120 cm³/mol. The maximum Gasteiger partial charge on any atom is 0.123 e. The second-order valence-electron chi connectivity index (χ2n) is 6.48. The Hall–Kier alpha value is -1.26. The molecule has 1 aliphatic carbocycles. The van der Waals surface area contributed by atoms with Crippen LogP contribution in [0.2, 0.25) is 0 Å². The lowest BCUT2D eigenvalue weighted by Crippen LogP contribution is -2.38. The number of aliphatic hydroxyl groups excluding tert-OH is 1. The van der Waals surface area contributed by atoms with Crippen LogP contribution in [0.15, 0.2) is 24.3 Å². The van der Waals surface area contributed by atoms with Gasteiger partial charge >= 0.3 is 0 Å². The minimum atomic E-state index is 0.234. The summed E-state index contributed by atoms with van der Waals surface area (Å²) in [5, 5.41) is 9.09. The summed E-state index contributed by atoms with van der Waals surface area (Å²) < 4.78 is 17.0. The molecule has 0 heterocycles. The third kappa shape index (κ3) is 12.2. The van der Waals surface area contributed by atoms with Crippen molar-refractivity contribution < 1.29 is 19.3 Å². The van der Waals surface area contributed by atoms with Gasteiger partial charge in [-0.05, 0) is 30.4 Å². The molecule has 0 aromatic heterocycles. The van der Waals surface area contributed by atoms with Crippen LogP contribution < -0.4 is 9.47 Å². The van der Waals surface area contributed by atoms with Crippen LogP contribution in [0.25, 0.3) is 0 Å². The number of hydrogen-bond acceptors (Lipinski definition) is 4. The summed E-state index contributed by atoms with van der Waals surface area (Å²) in [6.07, 6.45) is 3.48. The SMILES string of the molecule is CC.CC.CC.COC1CC(Oc2cccc(OCC(C)CC(C)CO)c2)C1. The Morgan fingerprint density at radius 3 is 2.04 bits per heavy atom. The van der Waals surface area contributed by atoms with Gasteiger partial charge in [-0.2, -0.15) is 0 Å². The summed E-state index contributed by atoms with van der Waals surface area (Å²) in [4.78, 5) is 0. The molecule has 1 N–H and O–H groups in total. The lowest BCUT2D eigenvalue weighted by molar-refractivity contribution is -0.0381. The molecular weight excluding hydrogens is 352 g/mol. The first-order valence-corrected chi connectivity index (χ1v) is 11.1. The standard InChI is InChI=1S/C18H28O4.3C2H6/c1-13(11-19)7-14(2)12-21-15-5-4-6-16(8-15)22-18-9-17(10-18)20-3;3*1-2/h4-6,8,13-14,17-19H,7,9-12H2,1-3H3;3*1-2H3. The molecule has 0 amide bonds. The van der Waals surface area contributed by atoms with Crippen molar-refractivity contribution in [3.8, 4) is 11.5 Å². The molecule has 1 aromatic rings. The average molecular weight is 399 g/mol. The highest BCUT2D eigenvalue weighted by Gasteiger charge is 2.30. The van der Waals surface area contributed by atoms with E-state index in [2.05, 4.69) is 13.8 Å². The van der Waals surface area contributed by atoms with Crippen molar-refractivity contribution in [3.63, 3.8) is 0 Å². The van der Waals surface area contributed by atoms with Crippen molar-refractivity contribution in [2.75, 3.05) is 20.3 Å². The lowest BCUT2D eigenvalue weighted by Gasteiger charge is -2.34. The van der Waals surface area contributed by atoms with Crippen molar-refractivity contribution in [3.05, 3.63) is 24.3 Å². The number of ether oxygens (including phenoxy) is 3. The summed E-state index contributed by atoms with van der Waals surface area (Å²) in [5.74, 6) is 2.43. The highest BCUT2D eigenvalue weighted by molar-refractivity contribution is 5.33. The molecule has 1 fully saturated rings. The number of aliphatic hydroxyl groups is 1. The van der Waals surface area contributed by atoms with E-state index in [0.717, 1.165) is 30.8 Å². The molecule has 1 saturated carbocycles. The van der Waals surface area contributed by atoms with E-state index in [1.807, 2.05) is 65.8 Å². The van der Waals surface area contributed by atoms with E-state index in [9.17, 15) is 0 Å². The van der Waals surface area contributed by atoms with Gasteiger partial charge in [-0.15, -0.1) is 0 Å². The van der Waals surface area contributed by atoms with Gasteiger partial charge in [0.25, 0.3) is 0 Å². The molecule has 1 aliphatic rings. The molecule has 4 heteroatoms. The Bertz CT molecular complexity index is 444. The van der Waals surface area contributed by atoms with Crippen LogP contribution in [-0.4, -0.2) is 37.6 Å². The molecule has 166 valence electrons. The fraction of sp³-hybridized carbons (Fsp3) is 0.750. The zero-order valence-electron chi connectivity index (χ0n) is 19.8. The van der Waals surface area contributed by atoms with Crippen molar-refractivity contribution in [1.29, 1.82) is 0 Å². The van der Waals surface area contributed by atoms with E-state index in [1.165, 1.54) is 0 Å². The third-order valence-electron chi connectivity index (χ3n) is 4.14. The first kappa shape index (κ1) is 28.9. The second-order valence-corrected chi connectivity index (χ2v) is 6.48. The number of benzene rings is 1. The summed E-state index contributed by atoms with van der Waals surface area (Å²) in [6.45, 7) is 17.1. The maximum atomic E-state index is 9.09. The summed E-state index contributed by atoms with van der Waals surface area (Å²) in [7, 11) is 1.74. The van der Waals surface area contributed by atoms with E-state index in [-0.39, 0.29) is 12.7 Å². The first-order valence-electron chi connectivity index (χ1n) is 11.1. The van der Waals surface area contributed by atoms with Gasteiger partial charge in [0.1, 0.15) is 17.6 Å². The monoisotopic (exact) mass is 398 g/mol. The van der Waals surface area contributed by atoms with E-state index in [4.69, 9.17) is 19.3 Å². The second kappa shape index (κ2) is 19.1. The smallest absolute Gasteiger partial charge is 0.123 e. The largest absolute Gasteiger partial charge is 0.493 e. The Kier molecular flexibility index (Phi) is 19.7. The van der Waals surface area contributed by atoms with Gasteiger partial charge in [-0.25, -0.2) is 0 Å². The van der Waals surface area contributed by atoms with Crippen LogP contribution >= 0.6 is 0 Å². The maximum absolute atomic E-state index is 9.09. The molecule has 28 heavy (non-hydrogen) atoms. The van der Waals surface area contributed by atoms with Crippen LogP contribution in [0.5, 0.6) is 11.5 Å². The van der Waals surface area contributed by atoms with Crippen LogP contribution in [0, 0.1) is 11.8 Å². The Labute approximate surface area is 174 Å². The van der Waals surface area contributed by atoms with Gasteiger partial charge in [0.2, 0.25) is 0 Å². The molecule has 0 saturated heterocycles.